The van der Waals surface area contributed by atoms with Crippen molar-refractivity contribution in [2.75, 3.05) is 6.61 Å². The first-order chi connectivity index (χ1) is 14.0. The fraction of sp³-hybridized carbons (Fsp3) is 0.318. The van der Waals surface area contributed by atoms with Crippen LogP contribution in [-0.2, 0) is 19.1 Å². The molecule has 2 heterocycles. The van der Waals surface area contributed by atoms with E-state index in [0.717, 1.165) is 5.56 Å². The molecular weight excluding hydrogens is 394 g/mol. The van der Waals surface area contributed by atoms with E-state index < -0.39 is 23.7 Å². The Morgan fingerprint density at radius 3 is 2.76 bits per heavy atom. The summed E-state index contributed by atoms with van der Waals surface area (Å²) in [5.41, 5.74) is 1.76. The highest BCUT2D eigenvalue weighted by atomic mass is 35.5. The van der Waals surface area contributed by atoms with Crippen LogP contribution in [0.1, 0.15) is 42.9 Å². The minimum absolute atomic E-state index is 0.117. The van der Waals surface area contributed by atoms with Gasteiger partial charge in [-0.1, -0.05) is 23.7 Å². The van der Waals surface area contributed by atoms with Gasteiger partial charge in [0.25, 0.3) is 0 Å². The number of ketones is 1. The number of halogens is 1. The third kappa shape index (κ3) is 3.60. The number of Topliss-reactive ketones (excluding diaryl/α,β-unsaturated/α-hetero) is 1. The van der Waals surface area contributed by atoms with Crippen LogP contribution in [0.5, 0.6) is 0 Å². The molecule has 0 radical (unpaired) electrons. The predicted molar refractivity (Wildman–Crippen MR) is 105 cm³/mol. The van der Waals surface area contributed by atoms with Crippen LogP contribution in [0.2, 0.25) is 5.02 Å². The van der Waals surface area contributed by atoms with Crippen LogP contribution in [0.15, 0.2) is 58.3 Å². The van der Waals surface area contributed by atoms with Crippen LogP contribution >= 0.6 is 11.6 Å². The first-order valence-corrected chi connectivity index (χ1v) is 9.90. The van der Waals surface area contributed by atoms with Crippen molar-refractivity contribution in [3.8, 4) is 0 Å². The van der Waals surface area contributed by atoms with Crippen molar-refractivity contribution in [3.05, 3.63) is 70.3 Å². The van der Waals surface area contributed by atoms with Gasteiger partial charge in [0.05, 0.1) is 12.9 Å². The number of allylic oxidation sites excluding steroid dienone is 2. The summed E-state index contributed by atoms with van der Waals surface area (Å²) in [4.78, 5) is 38.7. The number of hydrogen-bond acceptors (Lipinski definition) is 5. The molecule has 1 amide bonds. The minimum atomic E-state index is -1.02. The molecule has 1 aliphatic heterocycles. The van der Waals surface area contributed by atoms with Gasteiger partial charge >= 0.3 is 5.97 Å². The number of benzene rings is 1. The lowest BCUT2D eigenvalue weighted by Gasteiger charge is -2.37. The third-order valence-corrected chi connectivity index (χ3v) is 5.66. The van der Waals surface area contributed by atoms with Gasteiger partial charge in [-0.05, 0) is 43.2 Å². The van der Waals surface area contributed by atoms with E-state index in [9.17, 15) is 14.4 Å². The van der Waals surface area contributed by atoms with Crippen molar-refractivity contribution in [1.82, 2.24) is 5.32 Å². The van der Waals surface area contributed by atoms with E-state index in [1.807, 2.05) is 6.07 Å². The molecular formula is C22H20ClNO5. The van der Waals surface area contributed by atoms with E-state index in [2.05, 4.69) is 5.32 Å². The number of carbonyl (C=O) groups is 3. The van der Waals surface area contributed by atoms with Crippen molar-refractivity contribution in [3.63, 3.8) is 0 Å². The van der Waals surface area contributed by atoms with Gasteiger partial charge in [-0.3, -0.25) is 14.4 Å². The third-order valence-electron chi connectivity index (χ3n) is 5.43. The summed E-state index contributed by atoms with van der Waals surface area (Å²) in [7, 11) is 0. The maximum absolute atomic E-state index is 13.6. The molecule has 150 valence electrons. The van der Waals surface area contributed by atoms with Gasteiger partial charge in [-0.2, -0.15) is 0 Å². The molecule has 6 nitrogen and oxygen atoms in total. The molecule has 1 aliphatic carbocycles. The number of carbonyl (C=O) groups excluding carboxylic acids is 3. The Kier molecular flexibility index (Phi) is 5.28. The summed E-state index contributed by atoms with van der Waals surface area (Å²) in [6.45, 7) is 1.88. The molecule has 0 saturated heterocycles. The maximum Gasteiger partial charge on any atom is 0.317 e. The van der Waals surface area contributed by atoms with Gasteiger partial charge < -0.3 is 14.5 Å². The fourth-order valence-corrected chi connectivity index (χ4v) is 4.43. The predicted octanol–water partition coefficient (Wildman–Crippen LogP) is 3.73. The van der Waals surface area contributed by atoms with Crippen LogP contribution < -0.4 is 5.32 Å². The lowest BCUT2D eigenvalue weighted by atomic mass is 9.69. The molecule has 2 aliphatic rings. The van der Waals surface area contributed by atoms with E-state index in [1.54, 1.807) is 37.3 Å². The molecule has 7 heteroatoms. The maximum atomic E-state index is 13.6. The van der Waals surface area contributed by atoms with E-state index in [4.69, 9.17) is 20.8 Å². The first kappa shape index (κ1) is 19.5. The number of ether oxygens (including phenoxy) is 1. The standard InChI is InChI=1S/C22H20ClNO5/c1-2-28-22(27)20-15(17-7-4-8-29-17)10-16-19(21(20)26)14(11-18(25)24-16)12-5-3-6-13(23)9-12/h3-9,14-15,20H,2,10-11H2,1H3,(H,24,25)/t14-,15-,20+/m0/s1. The van der Waals surface area contributed by atoms with Crippen molar-refractivity contribution < 1.29 is 23.5 Å². The molecule has 1 aromatic carbocycles. The zero-order valence-corrected chi connectivity index (χ0v) is 16.6. The average molecular weight is 414 g/mol. The zero-order chi connectivity index (χ0) is 20.5. The summed E-state index contributed by atoms with van der Waals surface area (Å²) in [6, 6.07) is 10.5. The molecule has 4 rings (SSSR count). The lowest BCUT2D eigenvalue weighted by Crippen LogP contribution is -2.44. The second kappa shape index (κ2) is 7.87. The Bertz CT molecular complexity index is 994. The Hall–Kier alpha value is -2.86. The molecule has 0 spiro atoms. The van der Waals surface area contributed by atoms with Gasteiger partial charge in [0.2, 0.25) is 5.91 Å². The Labute approximate surface area is 172 Å². The van der Waals surface area contributed by atoms with E-state index in [1.165, 1.54) is 6.26 Å². The van der Waals surface area contributed by atoms with Gasteiger partial charge in [0.1, 0.15) is 11.7 Å². The van der Waals surface area contributed by atoms with Crippen LogP contribution in [0.25, 0.3) is 0 Å². The van der Waals surface area contributed by atoms with Crippen molar-refractivity contribution in [2.24, 2.45) is 5.92 Å². The number of rotatable bonds is 4. The summed E-state index contributed by atoms with van der Waals surface area (Å²) in [6.07, 6.45) is 1.92. The van der Waals surface area contributed by atoms with Gasteiger partial charge in [-0.15, -0.1) is 0 Å². The van der Waals surface area contributed by atoms with E-state index >= 15 is 0 Å². The minimum Gasteiger partial charge on any atom is -0.469 e. The molecule has 1 aromatic heterocycles. The number of esters is 1. The highest BCUT2D eigenvalue weighted by Crippen LogP contribution is 2.46. The molecule has 0 bridgehead atoms. The van der Waals surface area contributed by atoms with Crippen LogP contribution in [0.4, 0.5) is 0 Å². The Balaban J connectivity index is 1.82. The Morgan fingerprint density at radius 1 is 1.24 bits per heavy atom. The number of hydrogen-bond donors (Lipinski definition) is 1. The Morgan fingerprint density at radius 2 is 2.07 bits per heavy atom. The molecule has 0 fully saturated rings. The fourth-order valence-electron chi connectivity index (χ4n) is 4.23. The zero-order valence-electron chi connectivity index (χ0n) is 15.8. The molecule has 2 aromatic rings. The van der Waals surface area contributed by atoms with E-state index in [-0.39, 0.29) is 24.7 Å². The van der Waals surface area contributed by atoms with Crippen LogP contribution in [-0.4, -0.2) is 24.3 Å². The average Bonchev–Trinajstić information content (AvgIpc) is 3.21. The van der Waals surface area contributed by atoms with Crippen LogP contribution in [0.3, 0.4) is 0 Å². The highest BCUT2D eigenvalue weighted by molar-refractivity contribution is 6.30. The second-order valence-electron chi connectivity index (χ2n) is 7.17. The van der Waals surface area contributed by atoms with Gasteiger partial charge in [0, 0.05) is 34.5 Å². The van der Waals surface area contributed by atoms with E-state index in [0.29, 0.717) is 28.5 Å². The lowest BCUT2D eigenvalue weighted by molar-refractivity contribution is -0.152. The van der Waals surface area contributed by atoms with Crippen LogP contribution in [0, 0.1) is 5.92 Å². The largest absolute Gasteiger partial charge is 0.469 e. The molecule has 0 unspecified atom stereocenters. The normalized spacial score (nSPS) is 24.1. The number of amides is 1. The van der Waals surface area contributed by atoms with Gasteiger partial charge in [-0.25, -0.2) is 0 Å². The van der Waals surface area contributed by atoms with Crippen molar-refractivity contribution >= 4 is 29.3 Å². The molecule has 3 atom stereocenters. The van der Waals surface area contributed by atoms with Crippen molar-refractivity contribution in [2.45, 2.75) is 31.6 Å². The number of nitrogens with one attached hydrogen (secondary N) is 1. The summed E-state index contributed by atoms with van der Waals surface area (Å²) in [5, 5.41) is 3.36. The monoisotopic (exact) mass is 413 g/mol. The smallest absolute Gasteiger partial charge is 0.317 e. The quantitative estimate of drug-likeness (QED) is 0.609. The first-order valence-electron chi connectivity index (χ1n) is 9.52. The SMILES string of the molecule is CCOC(=O)[C@H]1C(=O)C2=C(C[C@H]1c1ccco1)NC(=O)C[C@H]2c1cccc(Cl)c1. The molecule has 1 N–H and O–H groups in total. The summed E-state index contributed by atoms with van der Waals surface area (Å²) in [5.74, 6) is -2.58. The highest BCUT2D eigenvalue weighted by Gasteiger charge is 2.48. The number of furan rings is 1. The molecule has 29 heavy (non-hydrogen) atoms. The molecule has 0 saturated carbocycles. The van der Waals surface area contributed by atoms with Gasteiger partial charge in [0.15, 0.2) is 5.78 Å². The topological polar surface area (TPSA) is 85.6 Å². The van der Waals surface area contributed by atoms with Crippen molar-refractivity contribution in [1.29, 1.82) is 0 Å². The summed E-state index contributed by atoms with van der Waals surface area (Å²) < 4.78 is 10.7. The second-order valence-corrected chi connectivity index (χ2v) is 7.61. The summed E-state index contributed by atoms with van der Waals surface area (Å²) >= 11 is 6.14.